The van der Waals surface area contributed by atoms with Crippen LogP contribution in [0.5, 0.6) is 11.5 Å². The molecule has 0 aromatic heterocycles. The maximum atomic E-state index is 9.49. The van der Waals surface area contributed by atoms with Crippen LogP contribution in [0.2, 0.25) is 0 Å². The first-order chi connectivity index (χ1) is 10.3. The zero-order valence-electron chi connectivity index (χ0n) is 11.4. The lowest BCUT2D eigenvalue weighted by Gasteiger charge is -2.14. The molecule has 2 N–H and O–H groups in total. The number of phenols is 1. The second-order valence-electron chi connectivity index (χ2n) is 5.29. The average molecular weight is 277 g/mol. The van der Waals surface area contributed by atoms with Crippen LogP contribution in [0, 0.1) is 0 Å². The summed E-state index contributed by atoms with van der Waals surface area (Å²) in [4.78, 5) is 0. The summed E-state index contributed by atoms with van der Waals surface area (Å²) in [6.45, 7) is 0.575. The number of anilines is 1. The summed E-state index contributed by atoms with van der Waals surface area (Å²) in [6.07, 6.45) is 0. The maximum Gasteiger partial charge on any atom is 0.128 e. The van der Waals surface area contributed by atoms with Crippen molar-refractivity contribution in [3.05, 3.63) is 66.2 Å². The number of rotatable bonds is 2. The van der Waals surface area contributed by atoms with Crippen molar-refractivity contribution in [1.82, 2.24) is 0 Å². The van der Waals surface area contributed by atoms with Crippen LogP contribution in [0.15, 0.2) is 60.7 Å². The summed E-state index contributed by atoms with van der Waals surface area (Å²) < 4.78 is 5.63. The molecule has 0 bridgehead atoms. The second-order valence-corrected chi connectivity index (χ2v) is 5.29. The molecule has 0 fully saturated rings. The van der Waals surface area contributed by atoms with Crippen LogP contribution in [0.4, 0.5) is 5.69 Å². The van der Waals surface area contributed by atoms with Crippen molar-refractivity contribution in [3.63, 3.8) is 0 Å². The van der Waals surface area contributed by atoms with Crippen LogP contribution in [-0.4, -0.2) is 11.7 Å². The van der Waals surface area contributed by atoms with Gasteiger partial charge in [0.15, 0.2) is 0 Å². The second kappa shape index (κ2) is 4.70. The zero-order valence-corrected chi connectivity index (χ0v) is 11.4. The van der Waals surface area contributed by atoms with E-state index < -0.39 is 0 Å². The monoisotopic (exact) mass is 277 g/mol. The predicted octanol–water partition coefficient (Wildman–Crippen LogP) is 4.09. The lowest BCUT2D eigenvalue weighted by Crippen LogP contribution is -2.11. The molecule has 0 spiro atoms. The molecule has 1 aliphatic rings. The summed E-state index contributed by atoms with van der Waals surface area (Å²) in [5.74, 6) is 0.994. The minimum absolute atomic E-state index is 0.113. The van der Waals surface area contributed by atoms with Gasteiger partial charge in [-0.15, -0.1) is 0 Å². The molecular weight excluding hydrogens is 262 g/mol. The van der Waals surface area contributed by atoms with E-state index in [1.165, 1.54) is 10.8 Å². The van der Waals surface area contributed by atoms with Gasteiger partial charge in [-0.2, -0.15) is 0 Å². The summed E-state index contributed by atoms with van der Waals surface area (Å²) in [7, 11) is 0. The summed E-state index contributed by atoms with van der Waals surface area (Å²) in [6, 6.07) is 20.0. The number of benzene rings is 3. The molecule has 0 saturated carbocycles. The largest absolute Gasteiger partial charge is 0.508 e. The van der Waals surface area contributed by atoms with E-state index in [0.29, 0.717) is 6.61 Å². The Morgan fingerprint density at radius 1 is 0.952 bits per heavy atom. The van der Waals surface area contributed by atoms with Gasteiger partial charge in [-0.25, -0.2) is 0 Å². The fourth-order valence-electron chi connectivity index (χ4n) is 2.80. The number of fused-ring (bicyclic) bond motifs is 2. The van der Waals surface area contributed by atoms with Crippen molar-refractivity contribution in [3.8, 4) is 11.5 Å². The number of hydrogen-bond donors (Lipinski definition) is 2. The smallest absolute Gasteiger partial charge is 0.128 e. The van der Waals surface area contributed by atoms with Crippen LogP contribution in [0.25, 0.3) is 10.8 Å². The van der Waals surface area contributed by atoms with Gasteiger partial charge in [0.2, 0.25) is 0 Å². The normalized spacial score (nSPS) is 16.5. The van der Waals surface area contributed by atoms with Crippen LogP contribution in [0.3, 0.4) is 0 Å². The van der Waals surface area contributed by atoms with Crippen LogP contribution in [-0.2, 0) is 0 Å². The molecule has 3 nitrogen and oxygen atoms in total. The number of nitrogens with one attached hydrogen (secondary N) is 1. The molecule has 0 radical (unpaired) electrons. The molecule has 0 saturated heterocycles. The van der Waals surface area contributed by atoms with Crippen molar-refractivity contribution >= 4 is 16.5 Å². The van der Waals surface area contributed by atoms with Gasteiger partial charge < -0.3 is 15.2 Å². The number of phenolic OH excluding ortho intramolecular Hbond substituents is 1. The fourth-order valence-corrected chi connectivity index (χ4v) is 2.80. The van der Waals surface area contributed by atoms with Crippen molar-refractivity contribution in [1.29, 1.82) is 0 Å². The van der Waals surface area contributed by atoms with E-state index in [1.54, 1.807) is 12.1 Å². The summed E-state index contributed by atoms with van der Waals surface area (Å²) in [5, 5.41) is 15.4. The Morgan fingerprint density at radius 3 is 2.71 bits per heavy atom. The van der Waals surface area contributed by atoms with Crippen molar-refractivity contribution in [2.24, 2.45) is 0 Å². The van der Waals surface area contributed by atoms with E-state index in [4.69, 9.17) is 4.74 Å². The fraction of sp³-hybridized carbons (Fsp3) is 0.111. The highest BCUT2D eigenvalue weighted by Crippen LogP contribution is 2.37. The van der Waals surface area contributed by atoms with Gasteiger partial charge in [0, 0.05) is 17.3 Å². The SMILES string of the molecule is Oc1ccc2c(c1)OCC2Nc1ccc2ccccc2c1. The zero-order chi connectivity index (χ0) is 14.2. The lowest BCUT2D eigenvalue weighted by atomic mass is 10.1. The molecule has 1 aliphatic heterocycles. The van der Waals surface area contributed by atoms with Gasteiger partial charge in [-0.1, -0.05) is 30.3 Å². The standard InChI is InChI=1S/C18H15NO2/c20-15-7-8-16-17(11-21-18(16)10-15)19-14-6-5-12-3-1-2-4-13(12)9-14/h1-10,17,19-20H,11H2. The first kappa shape index (κ1) is 12.1. The third-order valence-electron chi connectivity index (χ3n) is 3.87. The Bertz CT molecular complexity index is 813. The molecule has 3 aromatic rings. The van der Waals surface area contributed by atoms with E-state index >= 15 is 0 Å². The topological polar surface area (TPSA) is 41.5 Å². The molecule has 3 aromatic carbocycles. The first-order valence-corrected chi connectivity index (χ1v) is 7.01. The third-order valence-corrected chi connectivity index (χ3v) is 3.87. The third kappa shape index (κ3) is 2.17. The van der Waals surface area contributed by atoms with E-state index in [2.05, 4.69) is 35.6 Å². The Hall–Kier alpha value is -2.68. The van der Waals surface area contributed by atoms with Crippen LogP contribution >= 0.6 is 0 Å². The molecule has 4 rings (SSSR count). The van der Waals surface area contributed by atoms with E-state index in [0.717, 1.165) is 17.0 Å². The van der Waals surface area contributed by atoms with E-state index in [9.17, 15) is 5.11 Å². The highest BCUT2D eigenvalue weighted by atomic mass is 16.5. The van der Waals surface area contributed by atoms with Crippen LogP contribution in [0.1, 0.15) is 11.6 Å². The van der Waals surface area contributed by atoms with Crippen molar-refractivity contribution < 1.29 is 9.84 Å². The van der Waals surface area contributed by atoms with E-state index in [1.807, 2.05) is 18.2 Å². The molecule has 21 heavy (non-hydrogen) atoms. The van der Waals surface area contributed by atoms with E-state index in [-0.39, 0.29) is 11.8 Å². The Kier molecular flexibility index (Phi) is 2.71. The van der Waals surface area contributed by atoms with Crippen molar-refractivity contribution in [2.75, 3.05) is 11.9 Å². The van der Waals surface area contributed by atoms with Gasteiger partial charge in [-0.3, -0.25) is 0 Å². The number of ether oxygens (including phenoxy) is 1. The van der Waals surface area contributed by atoms with Crippen LogP contribution < -0.4 is 10.1 Å². The minimum atomic E-state index is 0.113. The first-order valence-electron chi connectivity index (χ1n) is 7.01. The Balaban J connectivity index is 1.64. The molecule has 1 heterocycles. The molecule has 1 atom stereocenters. The molecule has 0 aliphatic carbocycles. The lowest BCUT2D eigenvalue weighted by molar-refractivity contribution is 0.338. The molecule has 3 heteroatoms. The number of hydrogen-bond acceptors (Lipinski definition) is 3. The van der Waals surface area contributed by atoms with Gasteiger partial charge in [0.05, 0.1) is 6.04 Å². The Morgan fingerprint density at radius 2 is 1.81 bits per heavy atom. The van der Waals surface area contributed by atoms with Gasteiger partial charge >= 0.3 is 0 Å². The molecule has 1 unspecified atom stereocenters. The highest BCUT2D eigenvalue weighted by molar-refractivity contribution is 5.85. The number of aromatic hydroxyl groups is 1. The summed E-state index contributed by atoms with van der Waals surface area (Å²) in [5.41, 5.74) is 2.16. The summed E-state index contributed by atoms with van der Waals surface area (Å²) >= 11 is 0. The average Bonchev–Trinajstić information content (AvgIpc) is 2.89. The maximum absolute atomic E-state index is 9.49. The van der Waals surface area contributed by atoms with Crippen molar-refractivity contribution in [2.45, 2.75) is 6.04 Å². The predicted molar refractivity (Wildman–Crippen MR) is 83.9 cm³/mol. The quantitative estimate of drug-likeness (QED) is 0.741. The molecule has 104 valence electrons. The highest BCUT2D eigenvalue weighted by Gasteiger charge is 2.24. The minimum Gasteiger partial charge on any atom is -0.508 e. The molecule has 0 amide bonds. The molecular formula is C18H15NO2. The Labute approximate surface area is 122 Å². The van der Waals surface area contributed by atoms with Gasteiger partial charge in [0.1, 0.15) is 18.1 Å². The van der Waals surface area contributed by atoms with Gasteiger partial charge in [0.25, 0.3) is 0 Å². The van der Waals surface area contributed by atoms with Gasteiger partial charge in [-0.05, 0) is 35.0 Å².